The lowest BCUT2D eigenvalue weighted by molar-refractivity contribution is -0.341. The van der Waals surface area contributed by atoms with Gasteiger partial charge in [0.05, 0.1) is 37.1 Å². The van der Waals surface area contributed by atoms with Crippen LogP contribution >= 0.6 is 0 Å². The highest BCUT2D eigenvalue weighted by Crippen LogP contribution is 2.76. The van der Waals surface area contributed by atoms with E-state index in [-0.39, 0.29) is 46.5 Å². The summed E-state index contributed by atoms with van der Waals surface area (Å²) in [6.45, 7) is 16.1. The molecule has 13 heteroatoms. The first kappa shape index (κ1) is 42.8. The van der Waals surface area contributed by atoms with Gasteiger partial charge in [-0.05, 0) is 117 Å². The van der Waals surface area contributed by atoms with Crippen molar-refractivity contribution in [2.24, 2.45) is 45.3 Å². The van der Waals surface area contributed by atoms with Crippen molar-refractivity contribution in [1.29, 1.82) is 0 Å². The Bertz CT molecular complexity index is 1360. The van der Waals surface area contributed by atoms with Gasteiger partial charge in [-0.25, -0.2) is 0 Å². The lowest BCUT2D eigenvalue weighted by Crippen LogP contribution is -2.70. The summed E-state index contributed by atoms with van der Waals surface area (Å²) < 4.78 is 24.1. The van der Waals surface area contributed by atoms with Crippen molar-refractivity contribution in [3.8, 4) is 0 Å². The molecule has 6 rings (SSSR count). The summed E-state index contributed by atoms with van der Waals surface area (Å²) in [4.78, 5) is 0. The van der Waals surface area contributed by atoms with Crippen LogP contribution in [0.2, 0.25) is 0 Å². The molecular formula is C41H70O13. The molecule has 0 radical (unpaired) electrons. The van der Waals surface area contributed by atoms with E-state index in [1.54, 1.807) is 0 Å². The zero-order valence-electron chi connectivity index (χ0n) is 33.5. The van der Waals surface area contributed by atoms with E-state index in [1.165, 1.54) is 0 Å². The summed E-state index contributed by atoms with van der Waals surface area (Å²) in [5, 5.41) is 98.8. The van der Waals surface area contributed by atoms with Crippen LogP contribution in [-0.2, 0) is 18.9 Å². The molecule has 9 N–H and O–H groups in total. The molecule has 0 bridgehead atoms. The molecular weight excluding hydrogens is 700 g/mol. The first-order valence-electron chi connectivity index (χ1n) is 20.4. The summed E-state index contributed by atoms with van der Waals surface area (Å²) in [6, 6.07) is 0. The van der Waals surface area contributed by atoms with Crippen LogP contribution in [0.25, 0.3) is 0 Å². The average Bonchev–Trinajstić information content (AvgIpc) is 3.61. The number of rotatable bonds is 10. The first-order chi connectivity index (χ1) is 25.1. The van der Waals surface area contributed by atoms with Crippen molar-refractivity contribution < 1.29 is 64.9 Å². The number of hydrogen-bond acceptors (Lipinski definition) is 13. The zero-order valence-corrected chi connectivity index (χ0v) is 33.5. The molecule has 0 amide bonds. The highest BCUT2D eigenvalue weighted by molar-refractivity contribution is 5.22. The van der Waals surface area contributed by atoms with Gasteiger partial charge in [0.15, 0.2) is 12.6 Å². The summed E-state index contributed by atoms with van der Waals surface area (Å²) in [7, 11) is 0. The molecule has 0 aromatic carbocycles. The van der Waals surface area contributed by atoms with E-state index in [4.69, 9.17) is 18.9 Å². The van der Waals surface area contributed by atoms with Gasteiger partial charge in [-0.15, -0.1) is 0 Å². The molecule has 20 atom stereocenters. The summed E-state index contributed by atoms with van der Waals surface area (Å²) in [6.07, 6.45) is -7.06. The Morgan fingerprint density at radius 1 is 0.778 bits per heavy atom. The van der Waals surface area contributed by atoms with E-state index in [0.717, 1.165) is 24.8 Å². The number of ether oxygens (including phenoxy) is 4. The van der Waals surface area contributed by atoms with Crippen LogP contribution in [0.3, 0.4) is 0 Å². The standard InChI is InChI=1S/C41H70O13/c1-20(2)10-9-13-41(8,54-36-33(50)31(48)30(47)25(53-36)19-51-35-32(49)29(46)24(18-42)52-35)21-11-15-39(6)28(21)22(43)16-26-38(5)14-12-27(45)37(3,4)34(38)23(44)17-40(26,39)7/h10,21-36,42-50H,9,11-19H2,1-8H3/t21-,22+,23-,24-,25+,26+,27-,28-,29-,30+,31-,32+,33+,34-,35+,36-,38+,39+,40+,41-/m0/s1. The van der Waals surface area contributed by atoms with Crippen molar-refractivity contribution in [2.75, 3.05) is 13.2 Å². The Morgan fingerprint density at radius 2 is 1.41 bits per heavy atom. The lowest BCUT2D eigenvalue weighted by Gasteiger charge is -2.71. The molecule has 0 aromatic rings. The fraction of sp³-hybridized carbons (Fsp3) is 0.951. The van der Waals surface area contributed by atoms with Gasteiger partial charge in [-0.1, -0.05) is 46.3 Å². The zero-order chi connectivity index (χ0) is 39.9. The Kier molecular flexibility index (Phi) is 12.0. The van der Waals surface area contributed by atoms with E-state index in [1.807, 2.05) is 20.8 Å². The predicted molar refractivity (Wildman–Crippen MR) is 196 cm³/mol. The van der Waals surface area contributed by atoms with Gasteiger partial charge in [0, 0.05) is 0 Å². The molecule has 0 aromatic heterocycles. The van der Waals surface area contributed by atoms with Crippen molar-refractivity contribution in [2.45, 2.75) is 186 Å². The maximum absolute atomic E-state index is 12.4. The highest BCUT2D eigenvalue weighted by atomic mass is 16.7. The molecule has 2 aliphatic heterocycles. The molecule has 2 saturated heterocycles. The van der Waals surface area contributed by atoms with Crippen molar-refractivity contribution in [3.63, 3.8) is 0 Å². The van der Waals surface area contributed by atoms with Gasteiger partial charge >= 0.3 is 0 Å². The van der Waals surface area contributed by atoms with Crippen LogP contribution in [0.5, 0.6) is 0 Å². The van der Waals surface area contributed by atoms with Gasteiger partial charge in [0.1, 0.15) is 42.7 Å². The monoisotopic (exact) mass is 770 g/mol. The average molecular weight is 771 g/mol. The molecule has 13 nitrogen and oxygen atoms in total. The Balaban J connectivity index is 1.28. The molecule has 0 unspecified atom stereocenters. The van der Waals surface area contributed by atoms with E-state index in [9.17, 15) is 46.0 Å². The van der Waals surface area contributed by atoms with Crippen LogP contribution in [0.15, 0.2) is 11.6 Å². The molecule has 2 heterocycles. The third-order valence-electron chi connectivity index (χ3n) is 16.2. The number of allylic oxidation sites excluding steroid dienone is 2. The Labute approximate surface area is 320 Å². The van der Waals surface area contributed by atoms with Gasteiger partial charge in [-0.3, -0.25) is 0 Å². The van der Waals surface area contributed by atoms with Gasteiger partial charge in [-0.2, -0.15) is 0 Å². The highest BCUT2D eigenvalue weighted by Gasteiger charge is 2.73. The smallest absolute Gasteiger partial charge is 0.187 e. The third kappa shape index (κ3) is 6.76. The minimum Gasteiger partial charge on any atom is -0.394 e. The van der Waals surface area contributed by atoms with Crippen molar-refractivity contribution >= 4 is 0 Å². The van der Waals surface area contributed by atoms with Gasteiger partial charge in [0.2, 0.25) is 0 Å². The SMILES string of the molecule is CC(C)=CCC[C@](C)(O[C@@H]1O[C@H](CO[C@@H]2O[C@@H](CO)[C@H](O)[C@H]2O)[C@@H](O)[C@H](O)[C@H]1O)[C@H]1CC[C@]2(C)[C@@H]1[C@H](O)C[C@@H]1[C@@]3(C)CC[C@H](O)C(C)(C)[C@@H]3[C@@H](O)C[C@]12C. The quantitative estimate of drug-likeness (QED) is 0.145. The molecule has 4 saturated carbocycles. The second kappa shape index (κ2) is 15.1. The Morgan fingerprint density at radius 3 is 2.04 bits per heavy atom. The maximum atomic E-state index is 12.4. The molecule has 54 heavy (non-hydrogen) atoms. The molecule has 312 valence electrons. The van der Waals surface area contributed by atoms with E-state index < -0.39 is 91.2 Å². The topological polar surface area (TPSA) is 219 Å². The second-order valence-electron chi connectivity index (χ2n) is 19.8. The summed E-state index contributed by atoms with van der Waals surface area (Å²) in [5.41, 5.74) is -1.30. The van der Waals surface area contributed by atoms with Gasteiger partial charge in [0.25, 0.3) is 0 Å². The van der Waals surface area contributed by atoms with Crippen LogP contribution in [-0.4, -0.2) is 138 Å². The fourth-order valence-corrected chi connectivity index (χ4v) is 13.2. The molecule has 4 aliphatic carbocycles. The van der Waals surface area contributed by atoms with Crippen LogP contribution in [0, 0.1) is 45.3 Å². The normalized spacial score (nSPS) is 52.5. The molecule has 0 spiro atoms. The largest absolute Gasteiger partial charge is 0.394 e. The first-order valence-corrected chi connectivity index (χ1v) is 20.4. The van der Waals surface area contributed by atoms with Gasteiger partial charge < -0.3 is 64.9 Å². The minimum absolute atomic E-state index is 0.109. The number of aliphatic hydroxyl groups is 9. The number of fused-ring (bicyclic) bond motifs is 5. The third-order valence-corrected chi connectivity index (χ3v) is 16.2. The van der Waals surface area contributed by atoms with E-state index in [2.05, 4.69) is 40.7 Å². The summed E-state index contributed by atoms with van der Waals surface area (Å²) in [5.74, 6) is -0.397. The van der Waals surface area contributed by atoms with E-state index >= 15 is 0 Å². The van der Waals surface area contributed by atoms with Crippen molar-refractivity contribution in [3.05, 3.63) is 11.6 Å². The van der Waals surface area contributed by atoms with Crippen LogP contribution in [0.1, 0.15) is 107 Å². The Hall–Kier alpha value is -0.780. The second-order valence-corrected chi connectivity index (χ2v) is 19.8. The maximum Gasteiger partial charge on any atom is 0.187 e. The minimum atomic E-state index is -1.66. The molecule has 6 fully saturated rings. The molecule has 6 aliphatic rings. The predicted octanol–water partition coefficient (Wildman–Crippen LogP) is 1.76. The van der Waals surface area contributed by atoms with Crippen LogP contribution in [0.4, 0.5) is 0 Å². The van der Waals surface area contributed by atoms with Crippen LogP contribution < -0.4 is 0 Å². The van der Waals surface area contributed by atoms with Crippen molar-refractivity contribution in [1.82, 2.24) is 0 Å². The number of aliphatic hydroxyl groups excluding tert-OH is 9. The lowest BCUT2D eigenvalue weighted by atomic mass is 9.34. The van der Waals surface area contributed by atoms with E-state index in [0.29, 0.717) is 32.1 Å². The fourth-order valence-electron chi connectivity index (χ4n) is 13.2. The summed E-state index contributed by atoms with van der Waals surface area (Å²) >= 11 is 0. The number of hydrogen-bond donors (Lipinski definition) is 9.